The van der Waals surface area contributed by atoms with Crippen molar-refractivity contribution in [1.29, 1.82) is 0 Å². The molecule has 2 aliphatic rings. The summed E-state index contributed by atoms with van der Waals surface area (Å²) in [6.45, 7) is 4.30. The Morgan fingerprint density at radius 2 is 2.05 bits per heavy atom. The number of carbonyl (C=O) groups excluding carboxylic acids is 1. The highest BCUT2D eigenvalue weighted by Gasteiger charge is 2.40. The molecule has 2 aliphatic heterocycles. The third kappa shape index (κ3) is 2.53. The first kappa shape index (κ1) is 14.1. The number of hydrogen-bond acceptors (Lipinski definition) is 3. The molecule has 0 aliphatic carbocycles. The predicted octanol–water partition coefficient (Wildman–Crippen LogP) is 1.05. The molecule has 2 unspecified atom stereocenters. The maximum Gasteiger partial charge on any atom is 0.306 e. The molecule has 0 aromatic heterocycles. The summed E-state index contributed by atoms with van der Waals surface area (Å²) < 4.78 is 0. The van der Waals surface area contributed by atoms with E-state index >= 15 is 0 Å². The fourth-order valence-electron chi connectivity index (χ4n) is 3.15. The number of carboxylic acid groups (broad SMARTS) is 1. The molecule has 1 fully saturated rings. The number of carboxylic acids is 1. The Labute approximate surface area is 123 Å². The highest BCUT2D eigenvalue weighted by molar-refractivity contribution is 5.85. The van der Waals surface area contributed by atoms with E-state index in [2.05, 4.69) is 5.32 Å². The molecule has 5 heteroatoms. The van der Waals surface area contributed by atoms with Crippen LogP contribution in [0.25, 0.3) is 0 Å². The molecule has 1 aromatic rings. The van der Waals surface area contributed by atoms with Crippen molar-refractivity contribution in [2.75, 3.05) is 19.6 Å². The molecule has 2 atom stereocenters. The van der Waals surface area contributed by atoms with E-state index in [0.29, 0.717) is 19.6 Å². The molecule has 2 heterocycles. The Morgan fingerprint density at radius 3 is 2.76 bits per heavy atom. The number of nitrogens with one attached hydrogen (secondary N) is 1. The van der Waals surface area contributed by atoms with Crippen molar-refractivity contribution in [3.63, 3.8) is 0 Å². The first-order valence-corrected chi connectivity index (χ1v) is 7.38. The molecule has 112 valence electrons. The van der Waals surface area contributed by atoms with Gasteiger partial charge in [-0.15, -0.1) is 0 Å². The molecule has 1 saturated heterocycles. The number of nitrogens with zero attached hydrogens (tertiary/aromatic N) is 1. The molecular formula is C16H20N2O3. The summed E-state index contributed by atoms with van der Waals surface area (Å²) in [6.07, 6.45) is 0. The van der Waals surface area contributed by atoms with Crippen LogP contribution >= 0.6 is 0 Å². The van der Waals surface area contributed by atoms with Gasteiger partial charge in [0.1, 0.15) is 0 Å². The molecule has 0 bridgehead atoms. The highest BCUT2D eigenvalue weighted by Crippen LogP contribution is 2.30. The number of rotatable bonds is 3. The minimum Gasteiger partial charge on any atom is -0.481 e. The van der Waals surface area contributed by atoms with Gasteiger partial charge in [0.2, 0.25) is 5.91 Å². The summed E-state index contributed by atoms with van der Waals surface area (Å²) >= 11 is 0. The van der Waals surface area contributed by atoms with Gasteiger partial charge in [-0.25, -0.2) is 0 Å². The van der Waals surface area contributed by atoms with Crippen molar-refractivity contribution < 1.29 is 14.7 Å². The van der Waals surface area contributed by atoms with Crippen LogP contribution in [0.5, 0.6) is 0 Å². The summed E-state index contributed by atoms with van der Waals surface area (Å²) in [5, 5.41) is 12.3. The Morgan fingerprint density at radius 1 is 1.33 bits per heavy atom. The maximum atomic E-state index is 12.6. The van der Waals surface area contributed by atoms with E-state index < -0.39 is 5.97 Å². The lowest BCUT2D eigenvalue weighted by atomic mass is 9.84. The fraction of sp³-hybridized carbons (Fsp3) is 0.500. The molecule has 1 aromatic carbocycles. The average Bonchev–Trinajstić information content (AvgIpc) is 2.44. The smallest absolute Gasteiger partial charge is 0.306 e. The Hall–Kier alpha value is -1.88. The zero-order valence-electron chi connectivity index (χ0n) is 12.1. The number of amides is 1. The van der Waals surface area contributed by atoms with Crippen LogP contribution in [0.4, 0.5) is 0 Å². The number of hydrogen-bond donors (Lipinski definition) is 2. The largest absolute Gasteiger partial charge is 0.481 e. The molecule has 0 radical (unpaired) electrons. The molecule has 1 amide bonds. The second kappa shape index (κ2) is 5.48. The van der Waals surface area contributed by atoms with Gasteiger partial charge in [0.05, 0.1) is 11.8 Å². The minimum atomic E-state index is -0.781. The van der Waals surface area contributed by atoms with Crippen molar-refractivity contribution >= 4 is 11.9 Å². The van der Waals surface area contributed by atoms with Crippen LogP contribution in [0.15, 0.2) is 24.3 Å². The van der Waals surface area contributed by atoms with Crippen molar-refractivity contribution in [3.8, 4) is 0 Å². The lowest BCUT2D eigenvalue weighted by Gasteiger charge is -2.43. The number of fused-ring (bicyclic) bond motifs is 1. The van der Waals surface area contributed by atoms with Crippen LogP contribution in [0.3, 0.4) is 0 Å². The number of benzene rings is 1. The van der Waals surface area contributed by atoms with E-state index in [1.165, 1.54) is 5.56 Å². The summed E-state index contributed by atoms with van der Waals surface area (Å²) in [4.78, 5) is 25.4. The number of likely N-dealkylation sites (tertiary alicyclic amines) is 1. The summed E-state index contributed by atoms with van der Waals surface area (Å²) in [5.74, 6) is -1.11. The third-order valence-electron chi connectivity index (χ3n) is 4.71. The van der Waals surface area contributed by atoms with Gasteiger partial charge in [-0.2, -0.15) is 0 Å². The monoisotopic (exact) mass is 288 g/mol. The van der Waals surface area contributed by atoms with Gasteiger partial charge in [0, 0.05) is 32.1 Å². The van der Waals surface area contributed by atoms with Crippen LogP contribution < -0.4 is 5.32 Å². The molecule has 2 N–H and O–H groups in total. The van der Waals surface area contributed by atoms with Crippen LogP contribution in [-0.2, 0) is 16.1 Å². The molecule has 21 heavy (non-hydrogen) atoms. The lowest BCUT2D eigenvalue weighted by Crippen LogP contribution is -2.56. The Balaban J connectivity index is 1.67. The fourth-order valence-corrected chi connectivity index (χ4v) is 3.15. The molecular weight excluding hydrogens is 268 g/mol. The van der Waals surface area contributed by atoms with Gasteiger partial charge in [-0.1, -0.05) is 31.2 Å². The van der Waals surface area contributed by atoms with E-state index in [9.17, 15) is 9.59 Å². The first-order chi connectivity index (χ1) is 10.1. The van der Waals surface area contributed by atoms with Crippen LogP contribution in [-0.4, -0.2) is 41.5 Å². The van der Waals surface area contributed by atoms with E-state index in [4.69, 9.17) is 5.11 Å². The third-order valence-corrected chi connectivity index (χ3v) is 4.71. The van der Waals surface area contributed by atoms with Crippen molar-refractivity contribution in [3.05, 3.63) is 35.4 Å². The van der Waals surface area contributed by atoms with E-state index in [1.54, 1.807) is 11.8 Å². The maximum absolute atomic E-state index is 12.6. The van der Waals surface area contributed by atoms with Gasteiger partial charge in [0.15, 0.2) is 0 Å². The molecule has 3 rings (SSSR count). The topological polar surface area (TPSA) is 69.6 Å². The van der Waals surface area contributed by atoms with Gasteiger partial charge < -0.3 is 15.3 Å². The lowest BCUT2D eigenvalue weighted by molar-refractivity contribution is -0.151. The standard InChI is InChI=1S/C16H20N2O3/c1-10(16(20)21)12-8-18(9-12)15(19)14-7-17-6-11-4-2-3-5-13(11)14/h2-5,10,12,14,17H,6-9H2,1H3,(H,20,21). The number of carbonyl (C=O) groups is 2. The summed E-state index contributed by atoms with van der Waals surface area (Å²) in [6, 6.07) is 8.03. The minimum absolute atomic E-state index is 0.0817. The quantitative estimate of drug-likeness (QED) is 0.872. The van der Waals surface area contributed by atoms with Gasteiger partial charge in [0.25, 0.3) is 0 Å². The van der Waals surface area contributed by atoms with Crippen molar-refractivity contribution in [2.24, 2.45) is 11.8 Å². The summed E-state index contributed by atoms with van der Waals surface area (Å²) in [7, 11) is 0. The normalized spacial score (nSPS) is 23.1. The van der Waals surface area contributed by atoms with Gasteiger partial charge in [-0.3, -0.25) is 9.59 Å². The Kier molecular flexibility index (Phi) is 3.68. The molecule has 0 saturated carbocycles. The second-order valence-corrected chi connectivity index (χ2v) is 6.01. The Bertz CT molecular complexity index is 566. The van der Waals surface area contributed by atoms with Crippen LogP contribution in [0.1, 0.15) is 24.0 Å². The van der Waals surface area contributed by atoms with Crippen molar-refractivity contribution in [1.82, 2.24) is 10.2 Å². The first-order valence-electron chi connectivity index (χ1n) is 7.38. The second-order valence-electron chi connectivity index (χ2n) is 6.01. The summed E-state index contributed by atoms with van der Waals surface area (Å²) in [5.41, 5.74) is 2.29. The number of aliphatic carboxylic acids is 1. The van der Waals surface area contributed by atoms with Crippen molar-refractivity contribution in [2.45, 2.75) is 19.4 Å². The van der Waals surface area contributed by atoms with E-state index in [-0.39, 0.29) is 23.7 Å². The van der Waals surface area contributed by atoms with Gasteiger partial charge in [-0.05, 0) is 11.1 Å². The zero-order valence-corrected chi connectivity index (χ0v) is 12.1. The SMILES string of the molecule is CC(C(=O)O)C1CN(C(=O)C2CNCc3ccccc32)C1. The predicted molar refractivity (Wildman–Crippen MR) is 77.8 cm³/mol. The van der Waals surface area contributed by atoms with Crippen LogP contribution in [0, 0.1) is 11.8 Å². The zero-order chi connectivity index (χ0) is 15.0. The van der Waals surface area contributed by atoms with Gasteiger partial charge >= 0.3 is 5.97 Å². The van der Waals surface area contributed by atoms with E-state index in [1.807, 2.05) is 24.3 Å². The highest BCUT2D eigenvalue weighted by atomic mass is 16.4. The van der Waals surface area contributed by atoms with Crippen LogP contribution in [0.2, 0.25) is 0 Å². The molecule has 5 nitrogen and oxygen atoms in total. The molecule has 0 spiro atoms. The average molecular weight is 288 g/mol. The van der Waals surface area contributed by atoms with E-state index in [0.717, 1.165) is 12.1 Å².